The summed E-state index contributed by atoms with van der Waals surface area (Å²) in [4.78, 5) is 0. The Hall–Kier alpha value is -1.08. The minimum absolute atomic E-state index is 0.123. The third-order valence-corrected chi connectivity index (χ3v) is 3.13. The molecule has 1 rings (SSSR count). The van der Waals surface area contributed by atoms with Crippen molar-refractivity contribution in [2.45, 2.75) is 39.5 Å². The van der Waals surface area contributed by atoms with E-state index < -0.39 is 0 Å². The molecule has 0 unspecified atom stereocenters. The minimum Gasteiger partial charge on any atom is -0.396 e. The molecule has 0 radical (unpaired) electrons. The molecule has 0 aromatic carbocycles. The van der Waals surface area contributed by atoms with E-state index in [-0.39, 0.29) is 5.41 Å². The van der Waals surface area contributed by atoms with E-state index in [4.69, 9.17) is 5.11 Å². The first-order valence-corrected chi connectivity index (χ1v) is 6.48. The summed E-state index contributed by atoms with van der Waals surface area (Å²) in [5.74, 6) is 0. The van der Waals surface area contributed by atoms with Gasteiger partial charge in [-0.15, -0.1) is 0 Å². The Morgan fingerprint density at radius 1 is 1.24 bits per heavy atom. The van der Waals surface area contributed by atoms with Gasteiger partial charge in [0.2, 0.25) is 0 Å². The SMILES string of the molecule is CC(C)(C=CCCCCO)C1=CC=CC=CC1. The highest BCUT2D eigenvalue weighted by atomic mass is 16.2. The van der Waals surface area contributed by atoms with E-state index in [1.165, 1.54) is 5.57 Å². The van der Waals surface area contributed by atoms with Gasteiger partial charge < -0.3 is 5.11 Å². The first-order valence-electron chi connectivity index (χ1n) is 6.48. The van der Waals surface area contributed by atoms with Crippen LogP contribution in [0.4, 0.5) is 0 Å². The molecule has 0 amide bonds. The third-order valence-electron chi connectivity index (χ3n) is 3.13. The van der Waals surface area contributed by atoms with Crippen LogP contribution < -0.4 is 0 Å². The van der Waals surface area contributed by atoms with Crippen molar-refractivity contribution in [2.75, 3.05) is 6.61 Å². The third kappa shape index (κ3) is 5.18. The molecule has 0 aliphatic heterocycles. The average molecular weight is 232 g/mol. The standard InChI is InChI=1S/C16H24O/c1-16(2,13-9-5-6-10-14-17)15-11-7-3-4-8-12-15/h3-4,7-9,11,13,17H,5-6,10,12,14H2,1-2H3. The van der Waals surface area contributed by atoms with Crippen molar-refractivity contribution in [2.24, 2.45) is 5.41 Å². The summed E-state index contributed by atoms with van der Waals surface area (Å²) in [5.41, 5.74) is 1.57. The van der Waals surface area contributed by atoms with E-state index in [1.807, 2.05) is 0 Å². The minimum atomic E-state index is 0.123. The molecule has 1 aliphatic carbocycles. The second kappa shape index (κ2) is 7.29. The van der Waals surface area contributed by atoms with Crippen LogP contribution in [0.2, 0.25) is 0 Å². The van der Waals surface area contributed by atoms with Gasteiger partial charge in [-0.1, -0.05) is 62.0 Å². The van der Waals surface area contributed by atoms with Crippen LogP contribution >= 0.6 is 0 Å². The number of allylic oxidation sites excluding steroid dienone is 8. The zero-order valence-electron chi connectivity index (χ0n) is 11.0. The molecule has 0 aromatic rings. The van der Waals surface area contributed by atoms with Crippen LogP contribution in [0.25, 0.3) is 0 Å². The highest BCUT2D eigenvalue weighted by Gasteiger charge is 2.18. The van der Waals surface area contributed by atoms with Crippen molar-refractivity contribution in [1.82, 2.24) is 0 Å². The molecule has 0 bridgehead atoms. The van der Waals surface area contributed by atoms with Crippen molar-refractivity contribution >= 4 is 0 Å². The zero-order valence-corrected chi connectivity index (χ0v) is 11.0. The van der Waals surface area contributed by atoms with Gasteiger partial charge in [0.25, 0.3) is 0 Å². The van der Waals surface area contributed by atoms with Crippen molar-refractivity contribution in [3.8, 4) is 0 Å². The van der Waals surface area contributed by atoms with Gasteiger partial charge in [0.1, 0.15) is 0 Å². The molecule has 1 aliphatic rings. The summed E-state index contributed by atoms with van der Waals surface area (Å²) in [7, 11) is 0. The van der Waals surface area contributed by atoms with Crippen LogP contribution in [-0.4, -0.2) is 11.7 Å². The molecule has 1 heteroatoms. The second-order valence-corrected chi connectivity index (χ2v) is 5.05. The number of hydrogen-bond donors (Lipinski definition) is 1. The maximum Gasteiger partial charge on any atom is 0.0431 e. The molecule has 0 heterocycles. The Kier molecular flexibility index (Phi) is 5.99. The molecule has 0 saturated carbocycles. The quantitative estimate of drug-likeness (QED) is 0.538. The van der Waals surface area contributed by atoms with Crippen LogP contribution in [-0.2, 0) is 0 Å². The van der Waals surface area contributed by atoms with Crippen molar-refractivity contribution < 1.29 is 5.11 Å². The lowest BCUT2D eigenvalue weighted by Crippen LogP contribution is -2.10. The van der Waals surface area contributed by atoms with Crippen LogP contribution in [0, 0.1) is 5.41 Å². The predicted octanol–water partition coefficient (Wildman–Crippen LogP) is 4.17. The lowest BCUT2D eigenvalue weighted by atomic mass is 9.81. The molecule has 1 N–H and O–H groups in total. The van der Waals surface area contributed by atoms with Gasteiger partial charge in [0, 0.05) is 12.0 Å². The number of hydrogen-bond acceptors (Lipinski definition) is 1. The van der Waals surface area contributed by atoms with E-state index in [0.29, 0.717) is 6.61 Å². The number of aliphatic hydroxyl groups is 1. The van der Waals surface area contributed by atoms with Gasteiger partial charge in [-0.25, -0.2) is 0 Å². The lowest BCUT2D eigenvalue weighted by Gasteiger charge is -2.23. The maximum atomic E-state index is 8.71. The smallest absolute Gasteiger partial charge is 0.0431 e. The van der Waals surface area contributed by atoms with Crippen LogP contribution in [0.5, 0.6) is 0 Å². The normalized spacial score (nSPS) is 16.3. The topological polar surface area (TPSA) is 20.2 Å². The van der Waals surface area contributed by atoms with Crippen LogP contribution in [0.15, 0.2) is 48.1 Å². The number of unbranched alkanes of at least 4 members (excludes halogenated alkanes) is 2. The first kappa shape index (κ1) is 14.0. The average Bonchev–Trinajstić information content (AvgIpc) is 2.57. The van der Waals surface area contributed by atoms with Gasteiger partial charge >= 0.3 is 0 Å². The Balaban J connectivity index is 2.52. The molecule has 94 valence electrons. The van der Waals surface area contributed by atoms with Crippen LogP contribution in [0.1, 0.15) is 39.5 Å². The highest BCUT2D eigenvalue weighted by molar-refractivity contribution is 5.30. The van der Waals surface area contributed by atoms with E-state index in [9.17, 15) is 0 Å². The summed E-state index contributed by atoms with van der Waals surface area (Å²) < 4.78 is 0. The van der Waals surface area contributed by atoms with Gasteiger partial charge in [-0.05, 0) is 25.7 Å². The summed E-state index contributed by atoms with van der Waals surface area (Å²) >= 11 is 0. The van der Waals surface area contributed by atoms with Crippen molar-refractivity contribution in [3.05, 3.63) is 48.1 Å². The van der Waals surface area contributed by atoms with Crippen molar-refractivity contribution in [1.29, 1.82) is 0 Å². The molecule has 0 spiro atoms. The largest absolute Gasteiger partial charge is 0.396 e. The Morgan fingerprint density at radius 2 is 2.06 bits per heavy atom. The Morgan fingerprint density at radius 3 is 2.82 bits per heavy atom. The fourth-order valence-electron chi connectivity index (χ4n) is 1.91. The molecule has 0 saturated heterocycles. The molecule has 0 fully saturated rings. The summed E-state index contributed by atoms with van der Waals surface area (Å²) in [6.07, 6.45) is 19.3. The van der Waals surface area contributed by atoms with E-state index in [0.717, 1.165) is 25.7 Å². The van der Waals surface area contributed by atoms with E-state index in [1.54, 1.807) is 0 Å². The zero-order chi connectivity index (χ0) is 12.6. The van der Waals surface area contributed by atoms with Crippen LogP contribution in [0.3, 0.4) is 0 Å². The van der Waals surface area contributed by atoms with Gasteiger partial charge in [-0.2, -0.15) is 0 Å². The van der Waals surface area contributed by atoms with Gasteiger partial charge in [-0.3, -0.25) is 0 Å². The first-order chi connectivity index (χ1) is 8.17. The molecule has 1 nitrogen and oxygen atoms in total. The second-order valence-electron chi connectivity index (χ2n) is 5.05. The van der Waals surface area contributed by atoms with Gasteiger partial charge in [0.15, 0.2) is 0 Å². The number of aliphatic hydroxyl groups excluding tert-OH is 1. The monoisotopic (exact) mass is 232 g/mol. The molecule has 0 aromatic heterocycles. The Bertz CT molecular complexity index is 329. The summed E-state index contributed by atoms with van der Waals surface area (Å²) in [5, 5.41) is 8.71. The fourth-order valence-corrected chi connectivity index (χ4v) is 1.91. The molecule has 0 atom stereocenters. The van der Waals surface area contributed by atoms with Crippen molar-refractivity contribution in [3.63, 3.8) is 0 Å². The molecular formula is C16H24O. The maximum absolute atomic E-state index is 8.71. The summed E-state index contributed by atoms with van der Waals surface area (Å²) in [6, 6.07) is 0. The highest BCUT2D eigenvalue weighted by Crippen LogP contribution is 2.31. The molecule has 17 heavy (non-hydrogen) atoms. The number of rotatable bonds is 6. The van der Waals surface area contributed by atoms with Gasteiger partial charge in [0.05, 0.1) is 0 Å². The predicted molar refractivity (Wildman–Crippen MR) is 74.8 cm³/mol. The van der Waals surface area contributed by atoms with E-state index in [2.05, 4.69) is 56.4 Å². The Labute approximate surface area is 105 Å². The lowest BCUT2D eigenvalue weighted by molar-refractivity contribution is 0.285. The van der Waals surface area contributed by atoms with E-state index >= 15 is 0 Å². The summed E-state index contributed by atoms with van der Waals surface area (Å²) in [6.45, 7) is 4.82. The fraction of sp³-hybridized carbons (Fsp3) is 0.500. The molecular weight excluding hydrogens is 208 g/mol.